The van der Waals surface area contributed by atoms with Gasteiger partial charge in [0.25, 0.3) is 11.8 Å². The van der Waals surface area contributed by atoms with Crippen molar-refractivity contribution in [2.45, 2.75) is 56.3 Å². The number of aliphatic hydroxyl groups excluding tert-OH is 1. The number of rotatable bonds is 13. The molecule has 4 aromatic rings. The Kier molecular flexibility index (Phi) is 10.4. The summed E-state index contributed by atoms with van der Waals surface area (Å²) >= 11 is 0. The van der Waals surface area contributed by atoms with Crippen LogP contribution in [0.5, 0.6) is 5.75 Å². The van der Waals surface area contributed by atoms with Crippen molar-refractivity contribution in [3.05, 3.63) is 111 Å². The Morgan fingerprint density at radius 1 is 0.942 bits per heavy atom. The lowest BCUT2D eigenvalue weighted by Gasteiger charge is -2.45. The third kappa shape index (κ3) is 7.32. The number of ether oxygens (including phenoxy) is 1. The molecule has 3 atom stereocenters. The largest absolute Gasteiger partial charge is 0.506 e. The van der Waals surface area contributed by atoms with Crippen LogP contribution in [-0.2, 0) is 21.5 Å². The number of aromatic hydroxyl groups is 1. The van der Waals surface area contributed by atoms with Gasteiger partial charge in [0, 0.05) is 42.2 Å². The van der Waals surface area contributed by atoms with E-state index in [4.69, 9.17) is 4.74 Å². The van der Waals surface area contributed by atoms with E-state index in [1.54, 1.807) is 36.4 Å². The Hall–Kier alpha value is -5.04. The number of H-pyrrole nitrogens is 1. The molecule has 2 unspecified atom stereocenters. The third-order valence-corrected chi connectivity index (χ3v) is 10.8. The normalized spacial score (nSPS) is 22.4. The van der Waals surface area contributed by atoms with Gasteiger partial charge in [0.15, 0.2) is 5.54 Å². The number of fused-ring (bicyclic) bond motifs is 5. The number of carbonyl (C=O) groups is 3. The number of aryl methyl sites for hydroxylation is 1. The van der Waals surface area contributed by atoms with Gasteiger partial charge >= 0.3 is 5.97 Å². The van der Waals surface area contributed by atoms with Gasteiger partial charge < -0.3 is 35.9 Å². The van der Waals surface area contributed by atoms with E-state index in [0.717, 1.165) is 50.0 Å². The van der Waals surface area contributed by atoms with Crippen molar-refractivity contribution >= 4 is 28.7 Å². The fourth-order valence-corrected chi connectivity index (χ4v) is 7.93. The van der Waals surface area contributed by atoms with Crippen LogP contribution >= 0.6 is 0 Å². The summed E-state index contributed by atoms with van der Waals surface area (Å²) in [5.74, 6) is -0.898. The number of hydrogen-bond acceptors (Lipinski definition) is 9. The molecule has 52 heavy (non-hydrogen) atoms. The zero-order chi connectivity index (χ0) is 36.2. The fourth-order valence-electron chi connectivity index (χ4n) is 7.93. The lowest BCUT2D eigenvalue weighted by Crippen LogP contribution is -2.56. The van der Waals surface area contributed by atoms with E-state index in [9.17, 15) is 29.4 Å². The smallest absolute Gasteiger partial charge is 0.336 e. The number of carbonyl (C=O) groups excluding carboxylic acids is 3. The summed E-state index contributed by atoms with van der Waals surface area (Å²) in [6.45, 7) is 4.07. The van der Waals surface area contributed by atoms with Crippen molar-refractivity contribution in [1.82, 2.24) is 25.8 Å². The number of pyridine rings is 1. The van der Waals surface area contributed by atoms with Crippen molar-refractivity contribution < 1.29 is 29.3 Å². The van der Waals surface area contributed by atoms with Crippen LogP contribution in [0.3, 0.4) is 0 Å². The molecule has 0 spiro atoms. The first kappa shape index (κ1) is 35.4. The van der Waals surface area contributed by atoms with E-state index in [1.807, 2.05) is 24.3 Å². The zero-order valence-corrected chi connectivity index (χ0v) is 29.0. The van der Waals surface area contributed by atoms with E-state index in [-0.39, 0.29) is 40.9 Å². The van der Waals surface area contributed by atoms with Crippen LogP contribution in [0.1, 0.15) is 75.6 Å². The van der Waals surface area contributed by atoms with E-state index in [2.05, 4.69) is 25.8 Å². The number of hydrogen-bond donors (Lipinski definition) is 6. The highest BCUT2D eigenvalue weighted by molar-refractivity contribution is 6.02. The van der Waals surface area contributed by atoms with Gasteiger partial charge in [-0.3, -0.25) is 19.3 Å². The van der Waals surface area contributed by atoms with Gasteiger partial charge in [-0.05, 0) is 111 Å². The number of benzene rings is 3. The second-order valence-corrected chi connectivity index (χ2v) is 14.1. The maximum absolute atomic E-state index is 14.0. The van der Waals surface area contributed by atoms with Crippen LogP contribution in [0.25, 0.3) is 10.9 Å². The van der Waals surface area contributed by atoms with Crippen LogP contribution in [-0.4, -0.2) is 83.3 Å². The Labute approximate surface area is 301 Å². The first-order valence-corrected chi connectivity index (χ1v) is 18.2. The molecule has 3 fully saturated rings. The van der Waals surface area contributed by atoms with Gasteiger partial charge in [-0.1, -0.05) is 36.4 Å². The molecule has 0 radical (unpaired) electrons. The third-order valence-electron chi connectivity index (χ3n) is 10.8. The number of nitrogens with zero attached hydrogens (tertiary/aromatic N) is 1. The molecule has 3 saturated heterocycles. The molecule has 2 amide bonds. The summed E-state index contributed by atoms with van der Waals surface area (Å²) in [5.41, 5.74) is 1.63. The SMILES string of the molecule is O=C(NCCCCNCC(O)c1ccc(O)c2[nH]c(=O)ccc12)c1cccc(C(=O)N[C@]2(C(=O)OC3CN4CCC3CC4)CCc3ccccc32)c1. The van der Waals surface area contributed by atoms with Crippen molar-refractivity contribution in [3.63, 3.8) is 0 Å². The fraction of sp³-hybridized carbons (Fsp3) is 0.400. The molecule has 4 heterocycles. The van der Waals surface area contributed by atoms with Crippen molar-refractivity contribution in [2.75, 3.05) is 39.3 Å². The molecular weight excluding hydrogens is 662 g/mol. The van der Waals surface area contributed by atoms with Gasteiger partial charge in [0.2, 0.25) is 5.56 Å². The van der Waals surface area contributed by atoms with Crippen molar-refractivity contribution in [2.24, 2.45) is 5.92 Å². The minimum absolute atomic E-state index is 0.0612. The summed E-state index contributed by atoms with van der Waals surface area (Å²) in [4.78, 5) is 57.5. The molecule has 1 aromatic heterocycles. The van der Waals surface area contributed by atoms with Gasteiger partial charge in [0.1, 0.15) is 11.9 Å². The molecule has 272 valence electrons. The standard InChI is InChI=1S/C40H45N5O7/c46-32-12-10-29(30-11-13-35(48)43-36(30)32)33(47)23-41-18-3-4-19-42-37(49)27-7-5-8-28(22-27)38(50)44-40(17-14-25-6-1-2-9-31(25)40)39(51)52-34-24-45-20-15-26(34)16-21-45/h1-2,5-13,22,26,33-34,41,46-47H,3-4,14-21,23-24H2,(H,42,49)(H,43,48)(H,44,50)/t33?,34?,40-/m1/s1. The highest BCUT2D eigenvalue weighted by Crippen LogP contribution is 2.40. The Morgan fingerprint density at radius 2 is 1.71 bits per heavy atom. The molecule has 4 aliphatic rings. The molecule has 3 aromatic carbocycles. The first-order valence-electron chi connectivity index (χ1n) is 18.2. The Balaban J connectivity index is 0.911. The molecule has 2 bridgehead atoms. The van der Waals surface area contributed by atoms with Crippen LogP contribution in [0.4, 0.5) is 0 Å². The highest BCUT2D eigenvalue weighted by Gasteiger charge is 2.50. The van der Waals surface area contributed by atoms with Crippen molar-refractivity contribution in [3.8, 4) is 5.75 Å². The number of piperidine rings is 3. The minimum Gasteiger partial charge on any atom is -0.506 e. The molecule has 8 rings (SSSR count). The molecule has 12 heteroatoms. The Bertz CT molecular complexity index is 2020. The van der Waals surface area contributed by atoms with Crippen LogP contribution < -0.4 is 21.5 Å². The summed E-state index contributed by atoms with van der Waals surface area (Å²) in [6, 6.07) is 20.2. The summed E-state index contributed by atoms with van der Waals surface area (Å²) in [6.07, 6.45) is 3.44. The predicted octanol–water partition coefficient (Wildman–Crippen LogP) is 3.28. The monoisotopic (exact) mass is 707 g/mol. The molecule has 12 nitrogen and oxygen atoms in total. The zero-order valence-electron chi connectivity index (χ0n) is 29.0. The maximum Gasteiger partial charge on any atom is 0.336 e. The average molecular weight is 708 g/mol. The summed E-state index contributed by atoms with van der Waals surface area (Å²) in [7, 11) is 0. The molecule has 1 aliphatic carbocycles. The van der Waals surface area contributed by atoms with E-state index >= 15 is 0 Å². The quantitative estimate of drug-likeness (QED) is 0.0901. The van der Waals surface area contributed by atoms with Gasteiger partial charge in [-0.15, -0.1) is 0 Å². The van der Waals surface area contributed by atoms with E-state index in [1.165, 1.54) is 12.1 Å². The second-order valence-electron chi connectivity index (χ2n) is 14.1. The number of aromatic amines is 1. The molecule has 6 N–H and O–H groups in total. The average Bonchev–Trinajstić information content (AvgIpc) is 3.54. The first-order chi connectivity index (χ1) is 25.2. The Morgan fingerprint density at radius 3 is 2.50 bits per heavy atom. The second kappa shape index (κ2) is 15.3. The highest BCUT2D eigenvalue weighted by atomic mass is 16.5. The summed E-state index contributed by atoms with van der Waals surface area (Å²) in [5, 5.41) is 30.6. The van der Waals surface area contributed by atoms with Gasteiger partial charge in [-0.2, -0.15) is 0 Å². The van der Waals surface area contributed by atoms with Crippen molar-refractivity contribution in [1.29, 1.82) is 0 Å². The van der Waals surface area contributed by atoms with E-state index in [0.29, 0.717) is 54.8 Å². The number of phenolic OH excluding ortho intramolecular Hbond substituents is 1. The number of aromatic nitrogens is 1. The van der Waals surface area contributed by atoms with Gasteiger partial charge in [0.05, 0.1) is 11.6 Å². The number of aliphatic hydroxyl groups is 1. The maximum atomic E-state index is 14.0. The number of phenols is 1. The molecule has 0 saturated carbocycles. The number of nitrogens with one attached hydrogen (secondary N) is 4. The minimum atomic E-state index is -1.31. The predicted molar refractivity (Wildman–Crippen MR) is 195 cm³/mol. The van der Waals surface area contributed by atoms with Crippen LogP contribution in [0.15, 0.2) is 77.6 Å². The van der Waals surface area contributed by atoms with Crippen LogP contribution in [0, 0.1) is 5.92 Å². The van der Waals surface area contributed by atoms with Gasteiger partial charge in [-0.25, -0.2) is 4.79 Å². The van der Waals surface area contributed by atoms with Crippen LogP contribution in [0.2, 0.25) is 0 Å². The number of amides is 2. The lowest BCUT2D eigenvalue weighted by molar-refractivity contribution is -0.167. The number of unbranched alkanes of at least 4 members (excludes halogenated alkanes) is 1. The number of esters is 1. The molecular formula is C40H45N5O7. The van der Waals surface area contributed by atoms with E-state index < -0.39 is 23.5 Å². The summed E-state index contributed by atoms with van der Waals surface area (Å²) < 4.78 is 6.21. The molecule has 3 aliphatic heterocycles. The topological polar surface area (TPSA) is 173 Å². The lowest BCUT2D eigenvalue weighted by atomic mass is 9.85.